The van der Waals surface area contributed by atoms with Crippen LogP contribution in [-0.4, -0.2) is 29.1 Å². The van der Waals surface area contributed by atoms with Crippen LogP contribution in [0.25, 0.3) is 0 Å². The molecule has 0 aliphatic carbocycles. The van der Waals surface area contributed by atoms with E-state index in [2.05, 4.69) is 15.6 Å². The van der Waals surface area contributed by atoms with Crippen LogP contribution in [0.1, 0.15) is 22.0 Å². The second-order valence-electron chi connectivity index (χ2n) is 6.44. The van der Waals surface area contributed by atoms with Gasteiger partial charge in [0.15, 0.2) is 5.13 Å². The van der Waals surface area contributed by atoms with E-state index in [1.807, 2.05) is 54.6 Å². The number of nitrogens with one attached hydrogen (secondary N) is 2. The number of hydrogen-bond donors (Lipinski definition) is 4. The van der Waals surface area contributed by atoms with E-state index in [4.69, 9.17) is 5.73 Å². The molecular weight excluding hydrogens is 372 g/mol. The molecule has 28 heavy (non-hydrogen) atoms. The van der Waals surface area contributed by atoms with E-state index >= 15 is 0 Å². The average Bonchev–Trinajstić information content (AvgIpc) is 3.11. The van der Waals surface area contributed by atoms with Gasteiger partial charge in [-0.25, -0.2) is 4.98 Å². The van der Waals surface area contributed by atoms with Crippen LogP contribution >= 0.6 is 11.3 Å². The van der Waals surface area contributed by atoms with Crippen molar-refractivity contribution in [1.82, 2.24) is 10.3 Å². The lowest BCUT2D eigenvalue weighted by Crippen LogP contribution is -2.26. The van der Waals surface area contributed by atoms with Crippen LogP contribution in [-0.2, 0) is 17.6 Å². The number of benzene rings is 2. The first-order valence-corrected chi connectivity index (χ1v) is 9.94. The summed E-state index contributed by atoms with van der Waals surface area (Å²) in [5, 5.41) is 16.3. The Hall–Kier alpha value is -2.74. The number of nitrogens with two attached hydrogens (primary N) is 1. The van der Waals surface area contributed by atoms with Gasteiger partial charge < -0.3 is 21.5 Å². The summed E-state index contributed by atoms with van der Waals surface area (Å²) < 4.78 is 0. The third kappa shape index (κ3) is 5.88. The van der Waals surface area contributed by atoms with Crippen molar-refractivity contribution in [3.8, 4) is 0 Å². The molecule has 3 rings (SSSR count). The molecule has 2 aromatic carbocycles. The molecule has 0 radical (unpaired) electrons. The number of amides is 1. The molecule has 146 valence electrons. The number of anilines is 2. The number of hydrogen-bond acceptors (Lipinski definition) is 6. The van der Waals surface area contributed by atoms with Gasteiger partial charge in [0.25, 0.3) is 0 Å². The third-order valence-corrected chi connectivity index (χ3v) is 5.16. The topological polar surface area (TPSA) is 100 Å². The Balaban J connectivity index is 1.45. The summed E-state index contributed by atoms with van der Waals surface area (Å²) in [6, 6.07) is 17.6. The zero-order valence-corrected chi connectivity index (χ0v) is 16.3. The molecule has 1 amide bonds. The summed E-state index contributed by atoms with van der Waals surface area (Å²) >= 11 is 1.32. The Kier molecular flexibility index (Phi) is 7.13. The monoisotopic (exact) mass is 396 g/mol. The minimum Gasteiger partial charge on any atom is -0.394 e. The van der Waals surface area contributed by atoms with Gasteiger partial charge in [-0.2, -0.15) is 0 Å². The SMILES string of the molecule is Nc1ncc(CC(=O)Nc2ccc(CCNC(CO)c3ccccc3)cc2)s1. The van der Waals surface area contributed by atoms with Gasteiger partial charge in [-0.15, -0.1) is 11.3 Å². The predicted molar refractivity (Wildman–Crippen MR) is 113 cm³/mol. The van der Waals surface area contributed by atoms with E-state index in [1.54, 1.807) is 6.20 Å². The molecule has 0 bridgehead atoms. The largest absolute Gasteiger partial charge is 0.394 e. The van der Waals surface area contributed by atoms with E-state index < -0.39 is 0 Å². The highest BCUT2D eigenvalue weighted by Crippen LogP contribution is 2.16. The first kappa shape index (κ1) is 20.0. The highest BCUT2D eigenvalue weighted by molar-refractivity contribution is 7.15. The van der Waals surface area contributed by atoms with Crippen molar-refractivity contribution in [3.63, 3.8) is 0 Å². The molecule has 0 fully saturated rings. The van der Waals surface area contributed by atoms with Crippen molar-refractivity contribution in [2.24, 2.45) is 0 Å². The number of rotatable bonds is 9. The number of carbonyl (C=O) groups excluding carboxylic acids is 1. The molecule has 0 aliphatic rings. The van der Waals surface area contributed by atoms with Gasteiger partial charge in [0, 0.05) is 16.8 Å². The summed E-state index contributed by atoms with van der Waals surface area (Å²) in [5.74, 6) is -0.0910. The van der Waals surface area contributed by atoms with E-state index in [-0.39, 0.29) is 25.0 Å². The van der Waals surface area contributed by atoms with Gasteiger partial charge >= 0.3 is 0 Å². The normalized spacial score (nSPS) is 11.9. The van der Waals surface area contributed by atoms with Crippen LogP contribution in [0, 0.1) is 0 Å². The lowest BCUT2D eigenvalue weighted by atomic mass is 10.1. The summed E-state index contributed by atoms with van der Waals surface area (Å²) in [4.78, 5) is 16.9. The lowest BCUT2D eigenvalue weighted by Gasteiger charge is -2.16. The molecular formula is C21H24N4O2S. The molecule has 1 aromatic heterocycles. The van der Waals surface area contributed by atoms with Crippen molar-refractivity contribution in [2.75, 3.05) is 24.2 Å². The average molecular weight is 397 g/mol. The summed E-state index contributed by atoms with van der Waals surface area (Å²) in [6.07, 6.45) is 2.73. The molecule has 0 spiro atoms. The molecule has 6 nitrogen and oxygen atoms in total. The minimum atomic E-state index is -0.0910. The molecule has 0 saturated carbocycles. The predicted octanol–water partition coefficient (Wildman–Crippen LogP) is 2.77. The van der Waals surface area contributed by atoms with Gasteiger partial charge in [0.05, 0.1) is 19.1 Å². The quantitative estimate of drug-likeness (QED) is 0.446. The molecule has 1 unspecified atom stereocenters. The van der Waals surface area contributed by atoms with E-state index in [0.717, 1.165) is 34.7 Å². The summed E-state index contributed by atoms with van der Waals surface area (Å²) in [6.45, 7) is 0.805. The first-order valence-electron chi connectivity index (χ1n) is 9.12. The minimum absolute atomic E-state index is 0.0559. The fourth-order valence-corrected chi connectivity index (χ4v) is 3.57. The molecule has 0 saturated heterocycles. The van der Waals surface area contributed by atoms with Gasteiger partial charge in [-0.05, 0) is 36.2 Å². The summed E-state index contributed by atoms with van der Waals surface area (Å²) in [5.41, 5.74) is 8.57. The number of carbonyl (C=O) groups is 1. The highest BCUT2D eigenvalue weighted by atomic mass is 32.1. The molecule has 7 heteroatoms. The van der Waals surface area contributed by atoms with Crippen molar-refractivity contribution >= 4 is 28.1 Å². The van der Waals surface area contributed by atoms with Gasteiger partial charge in [0.1, 0.15) is 0 Å². The Morgan fingerprint density at radius 3 is 2.54 bits per heavy atom. The maximum absolute atomic E-state index is 12.1. The van der Waals surface area contributed by atoms with Crippen LogP contribution in [0.15, 0.2) is 60.8 Å². The molecule has 3 aromatic rings. The number of aromatic nitrogens is 1. The molecule has 1 heterocycles. The maximum Gasteiger partial charge on any atom is 0.229 e. The third-order valence-electron chi connectivity index (χ3n) is 4.33. The van der Waals surface area contributed by atoms with Crippen LogP contribution in [0.2, 0.25) is 0 Å². The van der Waals surface area contributed by atoms with Gasteiger partial charge in [-0.1, -0.05) is 42.5 Å². The smallest absolute Gasteiger partial charge is 0.229 e. The lowest BCUT2D eigenvalue weighted by molar-refractivity contribution is -0.115. The van der Waals surface area contributed by atoms with Gasteiger partial charge in [0.2, 0.25) is 5.91 Å². The van der Waals surface area contributed by atoms with Crippen molar-refractivity contribution < 1.29 is 9.90 Å². The van der Waals surface area contributed by atoms with Crippen molar-refractivity contribution in [2.45, 2.75) is 18.9 Å². The Labute approximate surface area is 168 Å². The second kappa shape index (κ2) is 9.98. The van der Waals surface area contributed by atoms with Gasteiger partial charge in [-0.3, -0.25) is 4.79 Å². The molecule has 1 atom stereocenters. The first-order chi connectivity index (χ1) is 13.6. The van der Waals surface area contributed by atoms with E-state index in [0.29, 0.717) is 5.13 Å². The Bertz CT molecular complexity index is 881. The Morgan fingerprint density at radius 1 is 1.14 bits per heavy atom. The van der Waals surface area contributed by atoms with Crippen molar-refractivity contribution in [1.29, 1.82) is 0 Å². The van der Waals surface area contributed by atoms with E-state index in [9.17, 15) is 9.90 Å². The zero-order chi connectivity index (χ0) is 19.8. The van der Waals surface area contributed by atoms with Crippen LogP contribution < -0.4 is 16.4 Å². The fraction of sp³-hybridized carbons (Fsp3) is 0.238. The molecule has 5 N–H and O–H groups in total. The standard InChI is InChI=1S/C21H24N4O2S/c22-21-24-13-18(28-21)12-20(27)25-17-8-6-15(7-9-17)10-11-23-19(14-26)16-4-2-1-3-5-16/h1-9,13,19,23,26H,10-12,14H2,(H2,22,24)(H,25,27). The van der Waals surface area contributed by atoms with Crippen LogP contribution in [0.4, 0.5) is 10.8 Å². The molecule has 0 aliphatic heterocycles. The van der Waals surface area contributed by atoms with Crippen LogP contribution in [0.3, 0.4) is 0 Å². The number of aliphatic hydroxyl groups excluding tert-OH is 1. The van der Waals surface area contributed by atoms with Crippen LogP contribution in [0.5, 0.6) is 0 Å². The number of nitrogens with zero attached hydrogens (tertiary/aromatic N) is 1. The Morgan fingerprint density at radius 2 is 1.89 bits per heavy atom. The zero-order valence-electron chi connectivity index (χ0n) is 15.5. The van der Waals surface area contributed by atoms with Crippen molar-refractivity contribution in [3.05, 3.63) is 76.8 Å². The van der Waals surface area contributed by atoms with E-state index in [1.165, 1.54) is 11.3 Å². The fourth-order valence-electron chi connectivity index (χ4n) is 2.89. The highest BCUT2D eigenvalue weighted by Gasteiger charge is 2.09. The second-order valence-corrected chi connectivity index (χ2v) is 7.58. The maximum atomic E-state index is 12.1. The summed E-state index contributed by atoms with van der Waals surface area (Å²) in [7, 11) is 0. The number of thiazole rings is 1. The number of nitrogen functional groups attached to an aromatic ring is 1. The number of aliphatic hydroxyl groups is 1.